The molecule has 2 aromatic rings. The molecule has 0 aromatic heterocycles. The quantitative estimate of drug-likeness (QED) is 0.902. The highest BCUT2D eigenvalue weighted by Crippen LogP contribution is 2.42. The van der Waals surface area contributed by atoms with E-state index in [2.05, 4.69) is 18.7 Å². The van der Waals surface area contributed by atoms with Crippen LogP contribution in [0.15, 0.2) is 42.5 Å². The highest BCUT2D eigenvalue weighted by atomic mass is 19.1. The fourth-order valence-corrected chi connectivity index (χ4v) is 3.11. The van der Waals surface area contributed by atoms with Gasteiger partial charge in [0.15, 0.2) is 0 Å². The number of anilines is 1. The van der Waals surface area contributed by atoms with Crippen LogP contribution in [-0.2, 0) is 6.54 Å². The third-order valence-corrected chi connectivity index (χ3v) is 4.66. The molecule has 3 nitrogen and oxygen atoms in total. The first kappa shape index (κ1) is 15.7. The van der Waals surface area contributed by atoms with E-state index in [0.717, 1.165) is 36.4 Å². The number of aromatic hydroxyl groups is 1. The van der Waals surface area contributed by atoms with Gasteiger partial charge in [-0.3, -0.25) is 0 Å². The maximum absolute atomic E-state index is 13.1. The first-order valence-electron chi connectivity index (χ1n) is 8.06. The first-order chi connectivity index (χ1) is 11.0. The number of nitrogens with zero attached hydrogens (tertiary/aromatic N) is 1. The molecule has 0 unspecified atom stereocenters. The normalized spacial score (nSPS) is 15.9. The fraction of sp³-hybridized carbons (Fsp3) is 0.368. The van der Waals surface area contributed by atoms with Gasteiger partial charge in [-0.25, -0.2) is 4.39 Å². The molecule has 0 amide bonds. The van der Waals surface area contributed by atoms with Gasteiger partial charge in [-0.15, -0.1) is 0 Å². The van der Waals surface area contributed by atoms with Gasteiger partial charge in [0.1, 0.15) is 22.9 Å². The van der Waals surface area contributed by atoms with Crippen LogP contribution in [0.4, 0.5) is 10.1 Å². The van der Waals surface area contributed by atoms with Gasteiger partial charge in [-0.1, -0.05) is 26.0 Å². The fourth-order valence-electron chi connectivity index (χ4n) is 3.11. The number of halogens is 1. The number of hydrogen-bond acceptors (Lipinski definition) is 3. The Morgan fingerprint density at radius 2 is 1.83 bits per heavy atom. The smallest absolute Gasteiger partial charge is 0.143 e. The average molecular weight is 315 g/mol. The molecule has 2 aromatic carbocycles. The van der Waals surface area contributed by atoms with Gasteiger partial charge in [0.25, 0.3) is 0 Å². The Bertz CT molecular complexity index is 680. The summed E-state index contributed by atoms with van der Waals surface area (Å²) in [6.45, 7) is 5.66. The van der Waals surface area contributed by atoms with E-state index in [1.165, 1.54) is 12.1 Å². The molecule has 1 aliphatic rings. The Hall–Kier alpha value is -2.23. The summed E-state index contributed by atoms with van der Waals surface area (Å²) < 4.78 is 19.4. The highest BCUT2D eigenvalue weighted by molar-refractivity contribution is 5.63. The van der Waals surface area contributed by atoms with Crippen LogP contribution >= 0.6 is 0 Å². The zero-order valence-corrected chi connectivity index (χ0v) is 13.6. The monoisotopic (exact) mass is 315 g/mol. The van der Waals surface area contributed by atoms with Gasteiger partial charge >= 0.3 is 0 Å². The number of phenolic OH excluding ortho intramolecular Hbond substituents is 1. The number of benzene rings is 2. The predicted octanol–water partition coefficient (Wildman–Crippen LogP) is 4.49. The molecule has 0 saturated heterocycles. The lowest BCUT2D eigenvalue weighted by Gasteiger charge is -2.44. The largest absolute Gasteiger partial charge is 0.508 e. The lowest BCUT2D eigenvalue weighted by atomic mass is 9.93. The minimum absolute atomic E-state index is 0.219. The van der Waals surface area contributed by atoms with Crippen molar-refractivity contribution in [3.63, 3.8) is 0 Å². The molecule has 0 saturated carbocycles. The Labute approximate surface area is 136 Å². The van der Waals surface area contributed by atoms with Gasteiger partial charge in [-0.05, 0) is 42.7 Å². The second-order valence-electron chi connectivity index (χ2n) is 6.13. The van der Waals surface area contributed by atoms with Crippen molar-refractivity contribution in [2.75, 3.05) is 11.4 Å². The molecule has 0 aliphatic carbocycles. The van der Waals surface area contributed by atoms with Crippen molar-refractivity contribution >= 4 is 5.69 Å². The van der Waals surface area contributed by atoms with E-state index in [9.17, 15) is 9.50 Å². The molecule has 0 fully saturated rings. The van der Waals surface area contributed by atoms with Gasteiger partial charge < -0.3 is 14.7 Å². The Kier molecular flexibility index (Phi) is 4.16. The number of phenols is 1. The topological polar surface area (TPSA) is 32.7 Å². The summed E-state index contributed by atoms with van der Waals surface area (Å²) in [5.74, 6) is 0.780. The van der Waals surface area contributed by atoms with Crippen LogP contribution in [0.5, 0.6) is 11.5 Å². The SMILES string of the molecule is CCC1(CC)CN(Cc2ccc(F)cc2)c2cc(O)ccc2O1. The van der Waals surface area contributed by atoms with Gasteiger partial charge in [0.2, 0.25) is 0 Å². The number of ether oxygens (including phenoxy) is 1. The summed E-state index contributed by atoms with van der Waals surface area (Å²) >= 11 is 0. The highest BCUT2D eigenvalue weighted by Gasteiger charge is 2.37. The van der Waals surface area contributed by atoms with Gasteiger partial charge in [-0.2, -0.15) is 0 Å². The second-order valence-corrected chi connectivity index (χ2v) is 6.13. The van der Waals surface area contributed by atoms with Crippen molar-refractivity contribution in [2.24, 2.45) is 0 Å². The standard InChI is InChI=1S/C19H22FNO2/c1-3-19(4-2)13-21(12-14-5-7-15(20)8-6-14)17-11-16(22)9-10-18(17)23-19/h5-11,22H,3-4,12-13H2,1-2H3. The Morgan fingerprint density at radius 1 is 1.13 bits per heavy atom. The van der Waals surface area contributed by atoms with Gasteiger partial charge in [0.05, 0.1) is 12.2 Å². The molecule has 0 spiro atoms. The van der Waals surface area contributed by atoms with E-state index in [1.54, 1.807) is 24.3 Å². The van der Waals surface area contributed by atoms with Crippen molar-refractivity contribution in [1.82, 2.24) is 0 Å². The summed E-state index contributed by atoms with van der Waals surface area (Å²) in [6.07, 6.45) is 1.81. The summed E-state index contributed by atoms with van der Waals surface area (Å²) in [5, 5.41) is 9.82. The summed E-state index contributed by atoms with van der Waals surface area (Å²) in [4.78, 5) is 2.21. The first-order valence-corrected chi connectivity index (χ1v) is 8.06. The summed E-state index contributed by atoms with van der Waals surface area (Å²) in [7, 11) is 0. The molecule has 122 valence electrons. The number of fused-ring (bicyclic) bond motifs is 1. The maximum atomic E-state index is 13.1. The van der Waals surface area contributed by atoms with E-state index in [0.29, 0.717) is 6.54 Å². The third-order valence-electron chi connectivity index (χ3n) is 4.66. The Balaban J connectivity index is 1.96. The molecule has 1 N–H and O–H groups in total. The van der Waals surface area contributed by atoms with Crippen LogP contribution in [0.2, 0.25) is 0 Å². The number of hydrogen-bond donors (Lipinski definition) is 1. The summed E-state index contributed by atoms with van der Waals surface area (Å²) in [6, 6.07) is 11.8. The van der Waals surface area contributed by atoms with Crippen LogP contribution in [-0.4, -0.2) is 17.3 Å². The average Bonchev–Trinajstić information content (AvgIpc) is 2.57. The molecule has 1 aliphatic heterocycles. The predicted molar refractivity (Wildman–Crippen MR) is 89.5 cm³/mol. The van der Waals surface area contributed by atoms with E-state index < -0.39 is 0 Å². The minimum Gasteiger partial charge on any atom is -0.508 e. The molecule has 0 bridgehead atoms. The van der Waals surface area contributed by atoms with E-state index >= 15 is 0 Å². The Morgan fingerprint density at radius 3 is 2.48 bits per heavy atom. The number of rotatable bonds is 4. The van der Waals surface area contributed by atoms with Crippen LogP contribution in [0.3, 0.4) is 0 Å². The molecule has 1 heterocycles. The lowest BCUT2D eigenvalue weighted by Crippen LogP contribution is -2.50. The molecule has 4 heteroatoms. The second kappa shape index (κ2) is 6.11. The van der Waals surface area contributed by atoms with E-state index in [4.69, 9.17) is 4.74 Å². The van der Waals surface area contributed by atoms with Gasteiger partial charge in [0, 0.05) is 12.6 Å². The molecule has 0 radical (unpaired) electrons. The van der Waals surface area contributed by atoms with Crippen LogP contribution < -0.4 is 9.64 Å². The van der Waals surface area contributed by atoms with Crippen molar-refractivity contribution in [1.29, 1.82) is 0 Å². The molecule has 3 rings (SSSR count). The van der Waals surface area contributed by atoms with Crippen molar-refractivity contribution in [3.8, 4) is 11.5 Å². The zero-order chi connectivity index (χ0) is 16.4. The van der Waals surface area contributed by atoms with Crippen molar-refractivity contribution in [2.45, 2.75) is 38.8 Å². The minimum atomic E-state index is -0.232. The summed E-state index contributed by atoms with van der Waals surface area (Å²) in [5.41, 5.74) is 1.68. The third kappa shape index (κ3) is 3.11. The lowest BCUT2D eigenvalue weighted by molar-refractivity contribution is 0.0569. The molecule has 23 heavy (non-hydrogen) atoms. The molecule has 0 atom stereocenters. The van der Waals surface area contributed by atoms with E-state index in [1.807, 2.05) is 6.07 Å². The van der Waals surface area contributed by atoms with Crippen LogP contribution in [0, 0.1) is 5.82 Å². The van der Waals surface area contributed by atoms with Crippen molar-refractivity contribution in [3.05, 3.63) is 53.8 Å². The maximum Gasteiger partial charge on any atom is 0.143 e. The van der Waals surface area contributed by atoms with Crippen LogP contribution in [0.1, 0.15) is 32.3 Å². The van der Waals surface area contributed by atoms with E-state index in [-0.39, 0.29) is 17.2 Å². The molecular formula is C19H22FNO2. The molecular weight excluding hydrogens is 293 g/mol. The van der Waals surface area contributed by atoms with Crippen molar-refractivity contribution < 1.29 is 14.2 Å². The van der Waals surface area contributed by atoms with Crippen LogP contribution in [0.25, 0.3) is 0 Å². The zero-order valence-electron chi connectivity index (χ0n) is 13.6.